The van der Waals surface area contributed by atoms with Crippen LogP contribution in [0, 0.1) is 17.2 Å². The van der Waals surface area contributed by atoms with E-state index in [0.29, 0.717) is 6.04 Å². The van der Waals surface area contributed by atoms with Crippen molar-refractivity contribution in [2.24, 2.45) is 5.92 Å². The SMILES string of the molecule is CC(Nc1ccc(OCC#N)cc1)C1CCN(C)CC1. The van der Waals surface area contributed by atoms with E-state index in [1.165, 1.54) is 25.9 Å². The fraction of sp³-hybridized carbons (Fsp3) is 0.562. The van der Waals surface area contributed by atoms with Gasteiger partial charge in [-0.3, -0.25) is 0 Å². The number of rotatable bonds is 5. The van der Waals surface area contributed by atoms with E-state index in [0.717, 1.165) is 17.4 Å². The Morgan fingerprint density at radius 3 is 2.60 bits per heavy atom. The van der Waals surface area contributed by atoms with Gasteiger partial charge in [-0.15, -0.1) is 0 Å². The Labute approximate surface area is 121 Å². The van der Waals surface area contributed by atoms with E-state index in [-0.39, 0.29) is 6.61 Å². The van der Waals surface area contributed by atoms with Crippen molar-refractivity contribution in [3.63, 3.8) is 0 Å². The highest BCUT2D eigenvalue weighted by atomic mass is 16.5. The zero-order chi connectivity index (χ0) is 14.4. The third kappa shape index (κ3) is 4.14. The van der Waals surface area contributed by atoms with Crippen LogP contribution < -0.4 is 10.1 Å². The highest BCUT2D eigenvalue weighted by molar-refractivity contribution is 5.47. The fourth-order valence-corrected chi connectivity index (χ4v) is 2.67. The van der Waals surface area contributed by atoms with Gasteiger partial charge in [-0.2, -0.15) is 5.26 Å². The molecule has 1 atom stereocenters. The van der Waals surface area contributed by atoms with Crippen molar-refractivity contribution in [1.82, 2.24) is 4.90 Å². The Bertz CT molecular complexity index is 444. The first kappa shape index (κ1) is 14.7. The maximum absolute atomic E-state index is 8.47. The largest absolute Gasteiger partial charge is 0.479 e. The quantitative estimate of drug-likeness (QED) is 0.896. The van der Waals surface area contributed by atoms with E-state index in [2.05, 4.69) is 24.2 Å². The number of benzene rings is 1. The molecule has 1 aliphatic heterocycles. The average Bonchev–Trinajstić information content (AvgIpc) is 2.47. The molecule has 1 fully saturated rings. The predicted octanol–water partition coefficient (Wildman–Crippen LogP) is 2.73. The lowest BCUT2D eigenvalue weighted by atomic mass is 9.90. The number of hydrogen-bond acceptors (Lipinski definition) is 4. The van der Waals surface area contributed by atoms with Crippen molar-refractivity contribution in [2.45, 2.75) is 25.8 Å². The van der Waals surface area contributed by atoms with E-state index in [1.807, 2.05) is 30.3 Å². The van der Waals surface area contributed by atoms with Gasteiger partial charge in [-0.1, -0.05) is 0 Å². The van der Waals surface area contributed by atoms with Crippen LogP contribution >= 0.6 is 0 Å². The van der Waals surface area contributed by atoms with E-state index >= 15 is 0 Å². The topological polar surface area (TPSA) is 48.3 Å². The van der Waals surface area contributed by atoms with Crippen LogP contribution in [0.5, 0.6) is 5.75 Å². The van der Waals surface area contributed by atoms with E-state index in [1.54, 1.807) is 0 Å². The summed E-state index contributed by atoms with van der Waals surface area (Å²) in [4.78, 5) is 2.39. The fourth-order valence-electron chi connectivity index (χ4n) is 2.67. The van der Waals surface area contributed by atoms with Crippen molar-refractivity contribution in [3.05, 3.63) is 24.3 Å². The molecule has 1 N–H and O–H groups in total. The molecule has 1 aromatic carbocycles. The molecule has 1 unspecified atom stereocenters. The molecule has 0 aromatic heterocycles. The number of ether oxygens (including phenoxy) is 1. The molecule has 0 radical (unpaired) electrons. The maximum Gasteiger partial charge on any atom is 0.174 e. The summed E-state index contributed by atoms with van der Waals surface area (Å²) in [5, 5.41) is 12.0. The second-order valence-corrected chi connectivity index (χ2v) is 5.54. The van der Waals surface area contributed by atoms with Gasteiger partial charge in [0.05, 0.1) is 0 Å². The third-order valence-corrected chi connectivity index (χ3v) is 4.02. The zero-order valence-electron chi connectivity index (χ0n) is 12.3. The number of anilines is 1. The van der Waals surface area contributed by atoms with Gasteiger partial charge < -0.3 is 15.0 Å². The molecule has 1 aliphatic rings. The summed E-state index contributed by atoms with van der Waals surface area (Å²) in [6, 6.07) is 10.3. The highest BCUT2D eigenvalue weighted by Crippen LogP contribution is 2.23. The van der Waals surface area contributed by atoms with Gasteiger partial charge in [0, 0.05) is 11.7 Å². The summed E-state index contributed by atoms with van der Waals surface area (Å²) in [5.74, 6) is 1.48. The number of nitriles is 1. The van der Waals surface area contributed by atoms with Crippen LogP contribution in [-0.2, 0) is 0 Å². The van der Waals surface area contributed by atoms with Crippen LogP contribution in [0.25, 0.3) is 0 Å². The first-order valence-corrected chi connectivity index (χ1v) is 7.24. The first-order chi connectivity index (χ1) is 9.69. The Kier molecular flexibility index (Phi) is 5.25. The van der Waals surface area contributed by atoms with Crippen molar-refractivity contribution in [3.8, 4) is 11.8 Å². The minimum atomic E-state index is 0.0960. The van der Waals surface area contributed by atoms with Crippen molar-refractivity contribution in [2.75, 3.05) is 32.1 Å². The molecule has 0 spiro atoms. The van der Waals surface area contributed by atoms with E-state index < -0.39 is 0 Å². The molecule has 20 heavy (non-hydrogen) atoms. The molecule has 0 aliphatic carbocycles. The van der Waals surface area contributed by atoms with Crippen molar-refractivity contribution >= 4 is 5.69 Å². The Morgan fingerprint density at radius 1 is 1.35 bits per heavy atom. The molecule has 1 saturated heterocycles. The lowest BCUT2D eigenvalue weighted by molar-refractivity contribution is 0.208. The summed E-state index contributed by atoms with van der Waals surface area (Å²) in [7, 11) is 2.19. The first-order valence-electron chi connectivity index (χ1n) is 7.24. The number of likely N-dealkylation sites (tertiary alicyclic amines) is 1. The predicted molar refractivity (Wildman–Crippen MR) is 80.9 cm³/mol. The van der Waals surface area contributed by atoms with Gasteiger partial charge in [-0.25, -0.2) is 0 Å². The molecule has 4 nitrogen and oxygen atoms in total. The smallest absolute Gasteiger partial charge is 0.174 e. The van der Waals surface area contributed by atoms with Gasteiger partial charge in [0.1, 0.15) is 11.8 Å². The summed E-state index contributed by atoms with van der Waals surface area (Å²) >= 11 is 0. The normalized spacial score (nSPS) is 18.2. The Morgan fingerprint density at radius 2 is 2.00 bits per heavy atom. The molecule has 4 heteroatoms. The van der Waals surface area contributed by atoms with Crippen LogP contribution in [0.4, 0.5) is 5.69 Å². The van der Waals surface area contributed by atoms with Crippen LogP contribution in [0.1, 0.15) is 19.8 Å². The summed E-state index contributed by atoms with van der Waals surface area (Å²) in [6.07, 6.45) is 2.52. The molecule has 2 rings (SSSR count). The zero-order valence-corrected chi connectivity index (χ0v) is 12.3. The van der Waals surface area contributed by atoms with Crippen LogP contribution in [0.3, 0.4) is 0 Å². The molecule has 1 heterocycles. The molecule has 0 saturated carbocycles. The van der Waals surface area contributed by atoms with Crippen LogP contribution in [0.2, 0.25) is 0 Å². The minimum Gasteiger partial charge on any atom is -0.479 e. The molecular formula is C16H23N3O. The number of nitrogens with zero attached hydrogens (tertiary/aromatic N) is 2. The monoisotopic (exact) mass is 273 g/mol. The van der Waals surface area contributed by atoms with Gasteiger partial charge in [0.25, 0.3) is 0 Å². The summed E-state index contributed by atoms with van der Waals surface area (Å²) in [6.45, 7) is 4.74. The van der Waals surface area contributed by atoms with Crippen LogP contribution in [-0.4, -0.2) is 37.7 Å². The second kappa shape index (κ2) is 7.16. The molecule has 0 bridgehead atoms. The molecular weight excluding hydrogens is 250 g/mol. The van der Waals surface area contributed by atoms with Gasteiger partial charge >= 0.3 is 0 Å². The molecule has 0 amide bonds. The standard InChI is InChI=1S/C16H23N3O/c1-13(14-7-10-19(2)11-8-14)18-15-3-5-16(6-4-15)20-12-9-17/h3-6,13-14,18H,7-8,10-12H2,1-2H3. The number of hydrogen-bond donors (Lipinski definition) is 1. The summed E-state index contributed by atoms with van der Waals surface area (Å²) in [5.41, 5.74) is 1.11. The van der Waals surface area contributed by atoms with Gasteiger partial charge in [0.2, 0.25) is 0 Å². The third-order valence-electron chi connectivity index (χ3n) is 4.02. The minimum absolute atomic E-state index is 0.0960. The Balaban J connectivity index is 1.84. The van der Waals surface area contributed by atoms with E-state index in [9.17, 15) is 0 Å². The lowest BCUT2D eigenvalue weighted by Gasteiger charge is -2.33. The second-order valence-electron chi connectivity index (χ2n) is 5.54. The molecule has 108 valence electrons. The van der Waals surface area contributed by atoms with Crippen LogP contribution in [0.15, 0.2) is 24.3 Å². The average molecular weight is 273 g/mol. The van der Waals surface area contributed by atoms with Gasteiger partial charge in [0.15, 0.2) is 6.61 Å². The van der Waals surface area contributed by atoms with Crippen molar-refractivity contribution < 1.29 is 4.74 Å². The van der Waals surface area contributed by atoms with Crippen molar-refractivity contribution in [1.29, 1.82) is 5.26 Å². The maximum atomic E-state index is 8.47. The Hall–Kier alpha value is -1.73. The highest BCUT2D eigenvalue weighted by Gasteiger charge is 2.21. The van der Waals surface area contributed by atoms with E-state index in [4.69, 9.17) is 10.00 Å². The number of piperidine rings is 1. The number of nitrogens with one attached hydrogen (secondary N) is 1. The molecule has 1 aromatic rings. The lowest BCUT2D eigenvalue weighted by Crippen LogP contribution is -2.37. The summed E-state index contributed by atoms with van der Waals surface area (Å²) < 4.78 is 5.25. The van der Waals surface area contributed by atoms with Gasteiger partial charge in [-0.05, 0) is 70.1 Å².